The van der Waals surface area contributed by atoms with Crippen LogP contribution >= 0.6 is 24.0 Å². The lowest BCUT2D eigenvalue weighted by atomic mass is 9.84. The van der Waals surface area contributed by atoms with Gasteiger partial charge in [-0.05, 0) is 37.0 Å². The van der Waals surface area contributed by atoms with Crippen LogP contribution in [0.2, 0.25) is 0 Å². The van der Waals surface area contributed by atoms with Crippen molar-refractivity contribution in [1.29, 1.82) is 0 Å². The van der Waals surface area contributed by atoms with Crippen LogP contribution in [0.3, 0.4) is 0 Å². The van der Waals surface area contributed by atoms with Gasteiger partial charge in [-0.3, -0.25) is 4.99 Å². The van der Waals surface area contributed by atoms with E-state index in [0.717, 1.165) is 43.9 Å². The minimum Gasteiger partial charge on any atom is -0.379 e. The van der Waals surface area contributed by atoms with Gasteiger partial charge in [0.25, 0.3) is 0 Å². The van der Waals surface area contributed by atoms with E-state index in [1.54, 1.807) is 7.05 Å². The molecule has 0 aliphatic carbocycles. The second-order valence-electron chi connectivity index (χ2n) is 7.31. The summed E-state index contributed by atoms with van der Waals surface area (Å²) in [5.74, 6) is 0.552. The zero-order chi connectivity index (χ0) is 18.8. The predicted octanol–water partition coefficient (Wildman–Crippen LogP) is 3.47. The van der Waals surface area contributed by atoms with Crippen molar-refractivity contribution in [2.45, 2.75) is 44.6 Å². The van der Waals surface area contributed by atoms with Crippen molar-refractivity contribution >= 4 is 29.9 Å². The Morgan fingerprint density at radius 2 is 2.04 bits per heavy atom. The first-order valence-corrected chi connectivity index (χ1v) is 9.41. The molecular formula is C20H33FIN3O2. The van der Waals surface area contributed by atoms with E-state index < -0.39 is 0 Å². The van der Waals surface area contributed by atoms with Gasteiger partial charge in [0.2, 0.25) is 0 Å². The number of rotatable bonds is 9. The summed E-state index contributed by atoms with van der Waals surface area (Å²) in [6.07, 6.45) is 3.45. The molecule has 0 saturated carbocycles. The number of halogens is 2. The Bertz CT molecular complexity index is 561. The summed E-state index contributed by atoms with van der Waals surface area (Å²) in [6, 6.07) is 6.67. The Labute approximate surface area is 179 Å². The highest BCUT2D eigenvalue weighted by Gasteiger charge is 2.21. The highest BCUT2D eigenvalue weighted by molar-refractivity contribution is 14.0. The van der Waals surface area contributed by atoms with E-state index in [2.05, 4.69) is 29.5 Å². The van der Waals surface area contributed by atoms with Crippen molar-refractivity contribution < 1.29 is 13.9 Å². The molecule has 0 radical (unpaired) electrons. The number of ether oxygens (including phenoxy) is 2. The van der Waals surface area contributed by atoms with E-state index in [-0.39, 0.29) is 41.3 Å². The van der Waals surface area contributed by atoms with Gasteiger partial charge in [0, 0.05) is 38.8 Å². The molecule has 27 heavy (non-hydrogen) atoms. The van der Waals surface area contributed by atoms with Crippen LogP contribution in [0.15, 0.2) is 29.3 Å². The van der Waals surface area contributed by atoms with Gasteiger partial charge in [-0.15, -0.1) is 24.0 Å². The highest BCUT2D eigenvalue weighted by Crippen LogP contribution is 2.22. The summed E-state index contributed by atoms with van der Waals surface area (Å²) >= 11 is 0. The number of nitrogens with zero attached hydrogens (tertiary/aromatic N) is 1. The molecule has 0 aromatic heterocycles. The molecule has 154 valence electrons. The molecular weight excluding hydrogens is 460 g/mol. The molecule has 1 aliphatic heterocycles. The van der Waals surface area contributed by atoms with E-state index >= 15 is 0 Å². The van der Waals surface area contributed by atoms with Gasteiger partial charge < -0.3 is 20.1 Å². The number of benzene rings is 1. The average molecular weight is 493 g/mol. The van der Waals surface area contributed by atoms with Crippen molar-refractivity contribution in [1.82, 2.24) is 10.6 Å². The van der Waals surface area contributed by atoms with Crippen molar-refractivity contribution in [3.05, 3.63) is 35.6 Å². The maximum atomic E-state index is 13.1. The largest absolute Gasteiger partial charge is 0.379 e. The fourth-order valence-corrected chi connectivity index (χ4v) is 2.90. The molecule has 2 rings (SSSR count). The molecule has 7 heteroatoms. The van der Waals surface area contributed by atoms with Crippen molar-refractivity contribution in [2.24, 2.45) is 4.99 Å². The summed E-state index contributed by atoms with van der Waals surface area (Å²) < 4.78 is 24.3. The Balaban J connectivity index is 0.00000364. The van der Waals surface area contributed by atoms with Gasteiger partial charge in [-0.25, -0.2) is 4.39 Å². The lowest BCUT2D eigenvalue weighted by Crippen LogP contribution is -2.43. The summed E-state index contributed by atoms with van der Waals surface area (Å²) in [7, 11) is 1.76. The van der Waals surface area contributed by atoms with Gasteiger partial charge in [0.15, 0.2) is 5.96 Å². The first-order chi connectivity index (χ1) is 12.5. The third-order valence-electron chi connectivity index (χ3n) is 4.63. The molecule has 1 aliphatic rings. The third kappa shape index (κ3) is 8.74. The molecule has 0 bridgehead atoms. The van der Waals surface area contributed by atoms with Crippen molar-refractivity contribution in [3.63, 3.8) is 0 Å². The lowest BCUT2D eigenvalue weighted by molar-refractivity contribution is 0.0168. The maximum absolute atomic E-state index is 13.1. The zero-order valence-corrected chi connectivity index (χ0v) is 18.9. The first kappa shape index (κ1) is 24.1. The number of nitrogens with one attached hydrogen (secondary N) is 2. The maximum Gasteiger partial charge on any atom is 0.191 e. The quantitative estimate of drug-likeness (QED) is 0.240. The van der Waals surface area contributed by atoms with E-state index in [9.17, 15) is 4.39 Å². The normalized spacial score (nSPS) is 17.5. The molecule has 1 unspecified atom stereocenters. The van der Waals surface area contributed by atoms with E-state index in [4.69, 9.17) is 9.47 Å². The molecule has 0 amide bonds. The SMILES string of the molecule is CN=C(NCCCOCC1CCCO1)NCC(C)(C)c1ccc(F)cc1.I. The molecule has 5 nitrogen and oxygen atoms in total. The Kier molecular flexibility index (Phi) is 11.2. The standard InChI is InChI=1S/C20H32FN3O2.HI/c1-20(2,16-7-9-17(21)10-8-16)15-24-19(22-3)23-11-5-12-25-14-18-6-4-13-26-18;/h7-10,18H,4-6,11-15H2,1-3H3,(H2,22,23,24);1H. The number of hydrogen-bond acceptors (Lipinski definition) is 3. The lowest BCUT2D eigenvalue weighted by Gasteiger charge is -2.26. The van der Waals surface area contributed by atoms with Crippen LogP contribution in [-0.4, -0.2) is 52.0 Å². The van der Waals surface area contributed by atoms with Gasteiger partial charge in [0.1, 0.15) is 5.82 Å². The second kappa shape index (κ2) is 12.5. The fraction of sp³-hybridized carbons (Fsp3) is 0.650. The van der Waals surface area contributed by atoms with Gasteiger partial charge >= 0.3 is 0 Å². The molecule has 1 atom stereocenters. The summed E-state index contributed by atoms with van der Waals surface area (Å²) in [4.78, 5) is 4.25. The van der Waals surface area contributed by atoms with E-state index in [0.29, 0.717) is 19.8 Å². The Morgan fingerprint density at radius 3 is 2.67 bits per heavy atom. The van der Waals surface area contributed by atoms with Crippen molar-refractivity contribution in [3.8, 4) is 0 Å². The number of guanidine groups is 1. The third-order valence-corrected chi connectivity index (χ3v) is 4.63. The van der Waals surface area contributed by atoms with Crippen molar-refractivity contribution in [2.75, 3.05) is 40.0 Å². The van der Waals surface area contributed by atoms with Crippen LogP contribution in [0.4, 0.5) is 4.39 Å². The van der Waals surface area contributed by atoms with Crippen LogP contribution in [-0.2, 0) is 14.9 Å². The van der Waals surface area contributed by atoms with E-state index in [1.807, 2.05) is 12.1 Å². The van der Waals surface area contributed by atoms with E-state index in [1.165, 1.54) is 12.1 Å². The first-order valence-electron chi connectivity index (χ1n) is 9.41. The second-order valence-corrected chi connectivity index (χ2v) is 7.31. The molecule has 2 N–H and O–H groups in total. The fourth-order valence-electron chi connectivity index (χ4n) is 2.90. The molecule has 1 aromatic carbocycles. The summed E-state index contributed by atoms with van der Waals surface area (Å²) in [5.41, 5.74) is 0.958. The predicted molar refractivity (Wildman–Crippen MR) is 119 cm³/mol. The molecule has 1 saturated heterocycles. The zero-order valence-electron chi connectivity index (χ0n) is 16.6. The number of hydrogen-bond donors (Lipinski definition) is 2. The average Bonchev–Trinajstić information content (AvgIpc) is 3.14. The Morgan fingerprint density at radius 1 is 1.30 bits per heavy atom. The molecule has 1 fully saturated rings. The number of aliphatic imine (C=N–C) groups is 1. The topological polar surface area (TPSA) is 54.9 Å². The van der Waals surface area contributed by atoms with Crippen LogP contribution in [0.5, 0.6) is 0 Å². The molecule has 0 spiro atoms. The highest BCUT2D eigenvalue weighted by atomic mass is 127. The summed E-state index contributed by atoms with van der Waals surface area (Å²) in [6.45, 7) is 8.02. The Hall–Kier alpha value is -0.930. The smallest absolute Gasteiger partial charge is 0.191 e. The molecule has 1 aromatic rings. The minimum atomic E-state index is -0.211. The van der Waals surface area contributed by atoms with Gasteiger partial charge in [0.05, 0.1) is 12.7 Å². The van der Waals surface area contributed by atoms with Crippen LogP contribution < -0.4 is 10.6 Å². The van der Waals surface area contributed by atoms with Gasteiger partial charge in [-0.2, -0.15) is 0 Å². The minimum absolute atomic E-state index is 0. The monoisotopic (exact) mass is 493 g/mol. The summed E-state index contributed by atoms with van der Waals surface area (Å²) in [5, 5.41) is 6.64. The van der Waals surface area contributed by atoms with Crippen LogP contribution in [0.25, 0.3) is 0 Å². The van der Waals surface area contributed by atoms with Crippen LogP contribution in [0.1, 0.15) is 38.7 Å². The van der Waals surface area contributed by atoms with Gasteiger partial charge in [-0.1, -0.05) is 26.0 Å². The van der Waals surface area contributed by atoms with Crippen LogP contribution in [0, 0.1) is 5.82 Å². The molecule has 1 heterocycles.